The minimum absolute atomic E-state index is 0.00537. The van der Waals surface area contributed by atoms with Crippen LogP contribution in [0.3, 0.4) is 0 Å². The maximum atomic E-state index is 11.7. The van der Waals surface area contributed by atoms with Crippen molar-refractivity contribution >= 4 is 11.7 Å². The van der Waals surface area contributed by atoms with Crippen LogP contribution < -0.4 is 0 Å². The molecule has 1 saturated carbocycles. The van der Waals surface area contributed by atoms with Crippen LogP contribution in [-0.2, 0) is 14.4 Å². The normalized spacial score (nSPS) is 30.7. The lowest BCUT2D eigenvalue weighted by Gasteiger charge is -2.28. The van der Waals surface area contributed by atoms with Gasteiger partial charge in [-0.3, -0.25) is 4.79 Å². The number of carbonyl (C=O) groups is 1. The van der Waals surface area contributed by atoms with Gasteiger partial charge in [0.25, 0.3) is 0 Å². The average molecular weight is 253 g/mol. The molecule has 0 radical (unpaired) electrons. The highest BCUT2D eigenvalue weighted by Gasteiger charge is 2.55. The van der Waals surface area contributed by atoms with Crippen molar-refractivity contribution < 1.29 is 14.4 Å². The highest BCUT2D eigenvalue weighted by Crippen LogP contribution is 2.49. The molecule has 102 valence electrons. The van der Waals surface area contributed by atoms with E-state index in [0.29, 0.717) is 13.0 Å². The van der Waals surface area contributed by atoms with E-state index >= 15 is 0 Å². The van der Waals surface area contributed by atoms with Gasteiger partial charge in [0.05, 0.1) is 18.7 Å². The summed E-state index contributed by atoms with van der Waals surface area (Å²) in [5, 5.41) is 4.29. The number of rotatable bonds is 3. The maximum Gasteiger partial charge on any atom is 0.309 e. The first-order chi connectivity index (χ1) is 8.39. The molecule has 0 aromatic heterocycles. The van der Waals surface area contributed by atoms with E-state index in [1.807, 2.05) is 6.92 Å². The average Bonchev–Trinajstić information content (AvgIpc) is 2.73. The van der Waals surface area contributed by atoms with Crippen LogP contribution in [0.5, 0.6) is 0 Å². The molecule has 1 fully saturated rings. The van der Waals surface area contributed by atoms with Crippen molar-refractivity contribution in [2.24, 2.45) is 16.5 Å². The second-order valence-corrected chi connectivity index (χ2v) is 6.31. The van der Waals surface area contributed by atoms with Crippen molar-refractivity contribution in [1.29, 1.82) is 0 Å². The third-order valence-corrected chi connectivity index (χ3v) is 3.90. The van der Waals surface area contributed by atoms with E-state index < -0.39 is 5.60 Å². The number of hydrogen-bond acceptors (Lipinski definition) is 4. The topological polar surface area (TPSA) is 47.9 Å². The number of nitrogens with zero attached hydrogens (tertiary/aromatic N) is 1. The Labute approximate surface area is 109 Å². The van der Waals surface area contributed by atoms with Crippen molar-refractivity contribution in [2.75, 3.05) is 6.61 Å². The largest absolute Gasteiger partial charge is 0.466 e. The molecular formula is C14H23NO3. The van der Waals surface area contributed by atoms with Crippen LogP contribution in [-0.4, -0.2) is 23.9 Å². The second kappa shape index (κ2) is 4.56. The number of oxime groups is 1. The summed E-state index contributed by atoms with van der Waals surface area (Å²) in [4.78, 5) is 17.4. The molecule has 18 heavy (non-hydrogen) atoms. The van der Waals surface area contributed by atoms with Crippen LogP contribution >= 0.6 is 0 Å². The summed E-state index contributed by atoms with van der Waals surface area (Å²) in [6, 6.07) is 0. The van der Waals surface area contributed by atoms with Crippen molar-refractivity contribution in [2.45, 2.75) is 59.0 Å². The van der Waals surface area contributed by atoms with E-state index in [4.69, 9.17) is 9.57 Å². The Morgan fingerprint density at radius 2 is 2.28 bits per heavy atom. The van der Waals surface area contributed by atoms with Crippen molar-refractivity contribution in [3.63, 3.8) is 0 Å². The summed E-state index contributed by atoms with van der Waals surface area (Å²) in [5.74, 6) is 0.108. The lowest BCUT2D eigenvalue weighted by atomic mass is 9.75. The zero-order valence-corrected chi connectivity index (χ0v) is 11.8. The van der Waals surface area contributed by atoms with Gasteiger partial charge >= 0.3 is 5.97 Å². The first-order valence-electron chi connectivity index (χ1n) is 6.81. The van der Waals surface area contributed by atoms with E-state index in [-0.39, 0.29) is 17.3 Å². The van der Waals surface area contributed by atoms with Gasteiger partial charge in [0, 0.05) is 11.3 Å². The molecule has 0 saturated heterocycles. The second-order valence-electron chi connectivity index (χ2n) is 6.31. The Bertz CT molecular complexity index is 370. The minimum Gasteiger partial charge on any atom is -0.466 e. The number of ether oxygens (including phenoxy) is 1. The van der Waals surface area contributed by atoms with Crippen LogP contribution in [0.2, 0.25) is 0 Å². The van der Waals surface area contributed by atoms with Gasteiger partial charge in [-0.2, -0.15) is 0 Å². The number of fused-ring (bicyclic) bond motifs is 1. The van der Waals surface area contributed by atoms with E-state index in [1.165, 1.54) is 0 Å². The third kappa shape index (κ3) is 2.25. The predicted octanol–water partition coefficient (Wildman–Crippen LogP) is 2.91. The minimum atomic E-state index is -0.422. The Balaban J connectivity index is 2.13. The van der Waals surface area contributed by atoms with E-state index in [2.05, 4.69) is 25.9 Å². The fourth-order valence-corrected chi connectivity index (χ4v) is 3.10. The lowest BCUT2D eigenvalue weighted by Crippen LogP contribution is -2.40. The Kier molecular flexibility index (Phi) is 3.39. The molecule has 2 atom stereocenters. The summed E-state index contributed by atoms with van der Waals surface area (Å²) < 4.78 is 5.06. The van der Waals surface area contributed by atoms with Crippen LogP contribution in [0.15, 0.2) is 5.16 Å². The summed E-state index contributed by atoms with van der Waals surface area (Å²) in [7, 11) is 0. The van der Waals surface area contributed by atoms with Crippen LogP contribution in [0.1, 0.15) is 53.4 Å². The molecule has 0 amide bonds. The van der Waals surface area contributed by atoms with Gasteiger partial charge in [0.15, 0.2) is 5.60 Å². The molecule has 0 N–H and O–H groups in total. The molecule has 4 heteroatoms. The SMILES string of the molecule is CCOC(=O)CC12CCCC1C(C(C)(C)C)=NO2. The molecular weight excluding hydrogens is 230 g/mol. The van der Waals surface area contributed by atoms with Gasteiger partial charge in [-0.1, -0.05) is 25.9 Å². The molecule has 1 heterocycles. The molecule has 0 bridgehead atoms. The highest BCUT2D eigenvalue weighted by atomic mass is 16.7. The molecule has 0 spiro atoms. The van der Waals surface area contributed by atoms with Crippen LogP contribution in [0.25, 0.3) is 0 Å². The first-order valence-corrected chi connectivity index (χ1v) is 6.81. The molecule has 2 rings (SSSR count). The fourth-order valence-electron chi connectivity index (χ4n) is 3.10. The molecule has 0 aromatic carbocycles. The molecule has 2 aliphatic rings. The van der Waals surface area contributed by atoms with E-state index in [9.17, 15) is 4.79 Å². The quantitative estimate of drug-likeness (QED) is 0.727. The first kappa shape index (κ1) is 13.4. The highest BCUT2D eigenvalue weighted by molar-refractivity contribution is 5.94. The van der Waals surface area contributed by atoms with E-state index in [0.717, 1.165) is 25.0 Å². The standard InChI is InChI=1S/C14H23NO3/c1-5-17-11(16)9-14-8-6-7-10(14)12(15-18-14)13(2,3)4/h10H,5-9H2,1-4H3. The van der Waals surface area contributed by atoms with Crippen molar-refractivity contribution in [1.82, 2.24) is 0 Å². The van der Waals surface area contributed by atoms with Crippen LogP contribution in [0.4, 0.5) is 0 Å². The zero-order chi connectivity index (χ0) is 13.4. The monoisotopic (exact) mass is 253 g/mol. The lowest BCUT2D eigenvalue weighted by molar-refractivity contribution is -0.151. The smallest absolute Gasteiger partial charge is 0.309 e. The van der Waals surface area contributed by atoms with Crippen molar-refractivity contribution in [3.8, 4) is 0 Å². The third-order valence-electron chi connectivity index (χ3n) is 3.90. The van der Waals surface area contributed by atoms with Gasteiger partial charge in [-0.05, 0) is 26.2 Å². The summed E-state index contributed by atoms with van der Waals surface area (Å²) >= 11 is 0. The Morgan fingerprint density at radius 1 is 1.56 bits per heavy atom. The number of carbonyl (C=O) groups excluding carboxylic acids is 1. The molecule has 4 nitrogen and oxygen atoms in total. The van der Waals surface area contributed by atoms with E-state index in [1.54, 1.807) is 0 Å². The molecule has 2 unspecified atom stereocenters. The summed E-state index contributed by atoms with van der Waals surface area (Å²) in [6.07, 6.45) is 3.39. The Morgan fingerprint density at radius 3 is 2.89 bits per heavy atom. The van der Waals surface area contributed by atoms with Gasteiger partial charge in [0.2, 0.25) is 0 Å². The van der Waals surface area contributed by atoms with Gasteiger partial charge in [0.1, 0.15) is 0 Å². The Hall–Kier alpha value is -1.06. The summed E-state index contributed by atoms with van der Waals surface area (Å²) in [6.45, 7) is 8.69. The number of esters is 1. The zero-order valence-electron chi connectivity index (χ0n) is 11.8. The fraction of sp³-hybridized carbons (Fsp3) is 0.857. The maximum absolute atomic E-state index is 11.7. The molecule has 0 aromatic rings. The predicted molar refractivity (Wildman–Crippen MR) is 69.3 cm³/mol. The molecule has 1 aliphatic heterocycles. The van der Waals surface area contributed by atoms with Gasteiger partial charge in [-0.25, -0.2) is 0 Å². The van der Waals surface area contributed by atoms with Gasteiger partial charge in [-0.15, -0.1) is 0 Å². The van der Waals surface area contributed by atoms with Crippen molar-refractivity contribution in [3.05, 3.63) is 0 Å². The van der Waals surface area contributed by atoms with Gasteiger partial charge < -0.3 is 9.57 Å². The van der Waals surface area contributed by atoms with Crippen LogP contribution in [0, 0.1) is 11.3 Å². The molecule has 1 aliphatic carbocycles. The number of hydrogen-bond donors (Lipinski definition) is 0. The summed E-state index contributed by atoms with van der Waals surface area (Å²) in [5.41, 5.74) is 0.685.